The third-order valence-corrected chi connectivity index (χ3v) is 3.52. The van der Waals surface area contributed by atoms with Gasteiger partial charge in [0.25, 0.3) is 5.69 Å². The molecule has 0 amide bonds. The Morgan fingerprint density at radius 1 is 1.48 bits per heavy atom. The van der Waals surface area contributed by atoms with Gasteiger partial charge in [-0.25, -0.2) is 0 Å². The van der Waals surface area contributed by atoms with Crippen LogP contribution in [0.5, 0.6) is 0 Å². The molecular weight excluding hydrogens is 284 g/mol. The van der Waals surface area contributed by atoms with Crippen LogP contribution < -0.4 is 4.90 Å². The monoisotopic (exact) mass is 308 g/mol. The summed E-state index contributed by atoms with van der Waals surface area (Å²) in [6, 6.07) is 5.14. The highest BCUT2D eigenvalue weighted by Crippen LogP contribution is 2.30. The summed E-state index contributed by atoms with van der Waals surface area (Å²) < 4.78 is 0. The van der Waals surface area contributed by atoms with Gasteiger partial charge in [-0.05, 0) is 30.9 Å². The molecule has 21 heavy (non-hydrogen) atoms. The Labute approximate surface area is 131 Å². The van der Waals surface area contributed by atoms with Gasteiger partial charge in [0.15, 0.2) is 0 Å². The van der Waals surface area contributed by atoms with Crippen LogP contribution in [0.25, 0.3) is 0 Å². The molecule has 0 fully saturated rings. The highest BCUT2D eigenvalue weighted by molar-refractivity contribution is 8.05. The quantitative estimate of drug-likeness (QED) is 0.539. The van der Waals surface area contributed by atoms with Crippen molar-refractivity contribution >= 4 is 23.1 Å². The van der Waals surface area contributed by atoms with Crippen LogP contribution in [0.15, 0.2) is 41.2 Å². The molecule has 0 aromatic heterocycles. The SMILES string of the molecule is C=CS/C(=C\C)CN(C)c1cc(C)ccc1[N+](=O)[O-].CC. The maximum Gasteiger partial charge on any atom is 0.292 e. The lowest BCUT2D eigenvalue weighted by atomic mass is 10.2. The van der Waals surface area contributed by atoms with E-state index >= 15 is 0 Å². The van der Waals surface area contributed by atoms with Gasteiger partial charge in [0.2, 0.25) is 0 Å². The predicted molar refractivity (Wildman–Crippen MR) is 94.0 cm³/mol. The van der Waals surface area contributed by atoms with Crippen LogP contribution in [0.3, 0.4) is 0 Å². The van der Waals surface area contributed by atoms with E-state index in [4.69, 9.17) is 0 Å². The first-order chi connectivity index (χ1) is 9.99. The van der Waals surface area contributed by atoms with E-state index in [1.807, 2.05) is 51.8 Å². The summed E-state index contributed by atoms with van der Waals surface area (Å²) in [5.74, 6) is 0. The van der Waals surface area contributed by atoms with Gasteiger partial charge in [-0.15, -0.1) is 11.8 Å². The Morgan fingerprint density at radius 2 is 2.10 bits per heavy atom. The fourth-order valence-corrected chi connectivity index (χ4v) is 2.33. The highest BCUT2D eigenvalue weighted by Gasteiger charge is 2.17. The molecule has 4 nitrogen and oxygen atoms in total. The molecule has 1 aromatic carbocycles. The van der Waals surface area contributed by atoms with Crippen molar-refractivity contribution in [3.8, 4) is 0 Å². The van der Waals surface area contributed by atoms with Crippen molar-refractivity contribution in [2.45, 2.75) is 27.7 Å². The average Bonchev–Trinajstić information content (AvgIpc) is 2.48. The summed E-state index contributed by atoms with van der Waals surface area (Å²) in [4.78, 5) is 13.7. The molecule has 0 atom stereocenters. The number of hydrogen-bond donors (Lipinski definition) is 0. The van der Waals surface area contributed by atoms with Crippen LogP contribution in [0.1, 0.15) is 26.3 Å². The van der Waals surface area contributed by atoms with Gasteiger partial charge in [0, 0.05) is 24.6 Å². The average molecular weight is 308 g/mol. The number of thioether (sulfide) groups is 1. The Bertz CT molecular complexity index is 513. The van der Waals surface area contributed by atoms with Crippen molar-refractivity contribution in [1.29, 1.82) is 0 Å². The van der Waals surface area contributed by atoms with Crippen LogP contribution >= 0.6 is 11.8 Å². The van der Waals surface area contributed by atoms with E-state index in [-0.39, 0.29) is 10.6 Å². The van der Waals surface area contributed by atoms with Crippen molar-refractivity contribution in [1.82, 2.24) is 0 Å². The summed E-state index contributed by atoms with van der Waals surface area (Å²) in [6.45, 7) is 12.2. The van der Waals surface area contributed by atoms with E-state index in [2.05, 4.69) is 6.58 Å². The second kappa shape index (κ2) is 10.0. The van der Waals surface area contributed by atoms with Crippen molar-refractivity contribution in [3.05, 3.63) is 56.8 Å². The van der Waals surface area contributed by atoms with Crippen molar-refractivity contribution < 1.29 is 4.92 Å². The van der Waals surface area contributed by atoms with Crippen LogP contribution in [0.4, 0.5) is 11.4 Å². The number of benzene rings is 1. The van der Waals surface area contributed by atoms with Crippen molar-refractivity contribution in [3.63, 3.8) is 0 Å². The maximum absolute atomic E-state index is 11.1. The third kappa shape index (κ3) is 6.04. The number of rotatable bonds is 6. The summed E-state index contributed by atoms with van der Waals surface area (Å²) >= 11 is 1.53. The number of hydrogen-bond acceptors (Lipinski definition) is 4. The van der Waals surface area contributed by atoms with Crippen LogP contribution in [-0.2, 0) is 0 Å². The number of aryl methyl sites for hydroxylation is 1. The predicted octanol–water partition coefficient (Wildman–Crippen LogP) is 5.15. The van der Waals surface area contributed by atoms with E-state index in [1.54, 1.807) is 17.5 Å². The Kier molecular flexibility index (Phi) is 9.21. The summed E-state index contributed by atoms with van der Waals surface area (Å²) in [5.41, 5.74) is 1.77. The molecule has 0 aliphatic heterocycles. The minimum Gasteiger partial charge on any atom is -0.364 e. The van der Waals surface area contributed by atoms with E-state index in [0.29, 0.717) is 12.2 Å². The fourth-order valence-electron chi connectivity index (χ4n) is 1.72. The van der Waals surface area contributed by atoms with Crippen LogP contribution in [-0.4, -0.2) is 18.5 Å². The number of likely N-dealkylation sites (N-methyl/N-ethyl adjacent to an activating group) is 1. The zero-order valence-corrected chi connectivity index (χ0v) is 14.2. The second-order valence-corrected chi connectivity index (χ2v) is 5.24. The molecule has 0 spiro atoms. The first kappa shape index (κ1) is 19.2. The Hall–Kier alpha value is -1.75. The van der Waals surface area contributed by atoms with Crippen LogP contribution in [0.2, 0.25) is 0 Å². The summed E-state index contributed by atoms with van der Waals surface area (Å²) in [7, 11) is 1.86. The normalized spacial score (nSPS) is 10.4. The summed E-state index contributed by atoms with van der Waals surface area (Å²) in [5, 5.41) is 12.8. The number of nitrogens with zero attached hydrogens (tertiary/aromatic N) is 2. The molecule has 1 aromatic rings. The smallest absolute Gasteiger partial charge is 0.292 e. The van der Waals surface area contributed by atoms with Gasteiger partial charge in [-0.2, -0.15) is 0 Å². The molecule has 1 rings (SSSR count). The number of anilines is 1. The molecule has 5 heteroatoms. The van der Waals surface area contributed by atoms with E-state index < -0.39 is 0 Å². The molecule has 0 heterocycles. The molecule has 0 aliphatic carbocycles. The standard InChI is InChI=1S/C14H18N2O2S.C2H6/c1-5-12(19-6-2)10-15(4)14-9-11(3)7-8-13(14)16(17)18;1-2/h5-9H,2,10H2,1,3-4H3;1-2H3/b12-5-;. The molecule has 0 aliphatic rings. The van der Waals surface area contributed by atoms with Gasteiger partial charge >= 0.3 is 0 Å². The lowest BCUT2D eigenvalue weighted by Crippen LogP contribution is -2.20. The van der Waals surface area contributed by atoms with Gasteiger partial charge in [0.1, 0.15) is 5.69 Å². The van der Waals surface area contributed by atoms with E-state index in [0.717, 1.165) is 10.5 Å². The summed E-state index contributed by atoms with van der Waals surface area (Å²) in [6.07, 6.45) is 1.99. The first-order valence-corrected chi connectivity index (χ1v) is 7.76. The molecule has 0 radical (unpaired) electrons. The number of nitro benzene ring substituents is 1. The lowest BCUT2D eigenvalue weighted by Gasteiger charge is -2.20. The van der Waals surface area contributed by atoms with Gasteiger partial charge in [-0.1, -0.05) is 32.6 Å². The lowest BCUT2D eigenvalue weighted by molar-refractivity contribution is -0.384. The zero-order chi connectivity index (χ0) is 16.4. The molecule has 0 N–H and O–H groups in total. The fraction of sp³-hybridized carbons (Fsp3) is 0.375. The highest BCUT2D eigenvalue weighted by atomic mass is 32.2. The van der Waals surface area contributed by atoms with E-state index in [9.17, 15) is 10.1 Å². The van der Waals surface area contributed by atoms with Crippen LogP contribution in [0, 0.1) is 17.0 Å². The molecular formula is C16H24N2O2S. The molecule has 0 bridgehead atoms. The molecule has 0 unspecified atom stereocenters. The largest absolute Gasteiger partial charge is 0.364 e. The second-order valence-electron chi connectivity index (χ2n) is 4.14. The van der Waals surface area contributed by atoms with Crippen molar-refractivity contribution in [2.75, 3.05) is 18.5 Å². The van der Waals surface area contributed by atoms with E-state index in [1.165, 1.54) is 11.8 Å². The molecule has 0 saturated carbocycles. The van der Waals surface area contributed by atoms with Gasteiger partial charge < -0.3 is 4.90 Å². The Balaban J connectivity index is 0.00000191. The maximum atomic E-state index is 11.1. The minimum absolute atomic E-state index is 0.132. The van der Waals surface area contributed by atoms with Gasteiger partial charge in [-0.3, -0.25) is 10.1 Å². The molecule has 0 saturated heterocycles. The number of allylic oxidation sites excluding steroid dienone is 1. The third-order valence-electron chi connectivity index (χ3n) is 2.69. The van der Waals surface area contributed by atoms with Gasteiger partial charge in [0.05, 0.1) is 4.92 Å². The zero-order valence-electron chi connectivity index (χ0n) is 13.4. The first-order valence-electron chi connectivity index (χ1n) is 6.88. The molecule has 116 valence electrons. The topological polar surface area (TPSA) is 46.4 Å². The van der Waals surface area contributed by atoms with Crippen molar-refractivity contribution in [2.24, 2.45) is 0 Å². The minimum atomic E-state index is -0.346. The number of nitro groups is 1. The Morgan fingerprint density at radius 3 is 2.57 bits per heavy atom.